The average Bonchev–Trinajstić information content (AvgIpc) is 2.33. The third-order valence-electron chi connectivity index (χ3n) is 2.58. The molecule has 0 bridgehead atoms. The van der Waals surface area contributed by atoms with Crippen LogP contribution in [0.1, 0.15) is 5.56 Å². The summed E-state index contributed by atoms with van der Waals surface area (Å²) >= 11 is 17.3. The van der Waals surface area contributed by atoms with E-state index in [1.54, 1.807) is 0 Å². The monoisotopic (exact) mass is 342 g/mol. The van der Waals surface area contributed by atoms with E-state index in [0.29, 0.717) is 6.07 Å². The third-order valence-corrected chi connectivity index (χ3v) is 3.78. The summed E-state index contributed by atoms with van der Waals surface area (Å²) in [5.41, 5.74) is -1.29. The zero-order valence-electron chi connectivity index (χ0n) is 9.53. The summed E-state index contributed by atoms with van der Waals surface area (Å²) in [4.78, 5) is 0. The van der Waals surface area contributed by atoms with Crippen molar-refractivity contribution < 1.29 is 17.6 Å². The molecule has 20 heavy (non-hydrogen) atoms. The van der Waals surface area contributed by atoms with Crippen molar-refractivity contribution in [1.82, 2.24) is 0 Å². The van der Waals surface area contributed by atoms with E-state index in [-0.39, 0.29) is 26.2 Å². The van der Waals surface area contributed by atoms with Gasteiger partial charge in [-0.15, -0.1) is 0 Å². The zero-order valence-corrected chi connectivity index (χ0v) is 11.8. The molecule has 0 N–H and O–H groups in total. The van der Waals surface area contributed by atoms with Crippen molar-refractivity contribution in [3.05, 3.63) is 56.8 Å². The molecular formula is C13H5Cl3F4. The number of hydrogen-bond donors (Lipinski definition) is 0. The molecule has 106 valence electrons. The Labute approximate surface area is 126 Å². The molecule has 0 amide bonds. The van der Waals surface area contributed by atoms with E-state index < -0.39 is 17.6 Å². The molecule has 0 aliphatic heterocycles. The van der Waals surface area contributed by atoms with Crippen molar-refractivity contribution in [1.29, 1.82) is 0 Å². The summed E-state index contributed by atoms with van der Waals surface area (Å²) in [6, 6.07) is 4.60. The highest BCUT2D eigenvalue weighted by atomic mass is 35.5. The lowest BCUT2D eigenvalue weighted by Crippen LogP contribution is -2.07. The van der Waals surface area contributed by atoms with Crippen molar-refractivity contribution in [2.45, 2.75) is 6.18 Å². The number of hydrogen-bond acceptors (Lipinski definition) is 0. The first-order chi connectivity index (χ1) is 9.20. The molecular weight excluding hydrogens is 338 g/mol. The SMILES string of the molecule is Fc1ccc(C(F)(F)F)c(-c2cc(Cl)c(Cl)c(Cl)c2)c1. The highest BCUT2D eigenvalue weighted by molar-refractivity contribution is 6.48. The van der Waals surface area contributed by atoms with Crippen LogP contribution in [0.25, 0.3) is 11.1 Å². The molecule has 0 spiro atoms. The summed E-state index contributed by atoms with van der Waals surface area (Å²) < 4.78 is 52.0. The van der Waals surface area contributed by atoms with E-state index in [2.05, 4.69) is 0 Å². The Balaban J connectivity index is 2.72. The number of alkyl halides is 3. The largest absolute Gasteiger partial charge is 0.417 e. The van der Waals surface area contributed by atoms with Crippen LogP contribution in [-0.4, -0.2) is 0 Å². The molecule has 0 fully saturated rings. The van der Waals surface area contributed by atoms with Gasteiger partial charge >= 0.3 is 6.18 Å². The van der Waals surface area contributed by atoms with Gasteiger partial charge in [0.05, 0.1) is 20.6 Å². The summed E-state index contributed by atoms with van der Waals surface area (Å²) in [6.07, 6.45) is -4.62. The maximum atomic E-state index is 13.2. The summed E-state index contributed by atoms with van der Waals surface area (Å²) in [5.74, 6) is -0.796. The van der Waals surface area contributed by atoms with Gasteiger partial charge in [0.1, 0.15) is 5.82 Å². The highest BCUT2D eigenvalue weighted by Crippen LogP contribution is 2.41. The van der Waals surface area contributed by atoms with Gasteiger partial charge in [-0.1, -0.05) is 34.8 Å². The first kappa shape index (κ1) is 15.4. The van der Waals surface area contributed by atoms with E-state index in [9.17, 15) is 17.6 Å². The maximum Gasteiger partial charge on any atom is 0.417 e. The second kappa shape index (κ2) is 5.43. The Morgan fingerprint density at radius 1 is 0.850 bits per heavy atom. The van der Waals surface area contributed by atoms with Gasteiger partial charge in [-0.25, -0.2) is 4.39 Å². The van der Waals surface area contributed by atoms with Gasteiger partial charge in [0.25, 0.3) is 0 Å². The van der Waals surface area contributed by atoms with Gasteiger partial charge in [-0.05, 0) is 41.5 Å². The average molecular weight is 344 g/mol. The second-order valence-electron chi connectivity index (χ2n) is 3.94. The Bertz CT molecular complexity index is 642. The third kappa shape index (κ3) is 3.03. The van der Waals surface area contributed by atoms with Crippen LogP contribution in [0.4, 0.5) is 17.6 Å². The zero-order chi connectivity index (χ0) is 15.1. The molecule has 0 aliphatic rings. The molecule has 0 saturated carbocycles. The molecule has 0 saturated heterocycles. The Kier molecular flexibility index (Phi) is 4.19. The molecule has 0 unspecified atom stereocenters. The lowest BCUT2D eigenvalue weighted by molar-refractivity contribution is -0.137. The molecule has 0 heterocycles. The van der Waals surface area contributed by atoms with Crippen LogP contribution in [0.5, 0.6) is 0 Å². The van der Waals surface area contributed by atoms with Crippen LogP contribution in [-0.2, 0) is 6.18 Å². The van der Waals surface area contributed by atoms with E-state index in [1.807, 2.05) is 0 Å². The molecule has 2 aromatic rings. The summed E-state index contributed by atoms with van der Waals surface area (Å²) in [7, 11) is 0. The molecule has 0 nitrogen and oxygen atoms in total. The quantitative estimate of drug-likeness (QED) is 0.411. The minimum Gasteiger partial charge on any atom is -0.207 e. The molecule has 0 aromatic heterocycles. The van der Waals surface area contributed by atoms with Crippen molar-refractivity contribution in [2.75, 3.05) is 0 Å². The van der Waals surface area contributed by atoms with E-state index in [1.165, 1.54) is 12.1 Å². The van der Waals surface area contributed by atoms with Crippen LogP contribution in [0.15, 0.2) is 30.3 Å². The maximum absolute atomic E-state index is 13.2. The minimum atomic E-state index is -4.62. The van der Waals surface area contributed by atoms with Gasteiger partial charge in [0, 0.05) is 0 Å². The van der Waals surface area contributed by atoms with Gasteiger partial charge in [-0.3, -0.25) is 0 Å². The predicted octanol–water partition coefficient (Wildman–Crippen LogP) is 6.47. The molecule has 0 aliphatic carbocycles. The lowest BCUT2D eigenvalue weighted by atomic mass is 9.99. The van der Waals surface area contributed by atoms with Crippen molar-refractivity contribution in [3.63, 3.8) is 0 Å². The fourth-order valence-corrected chi connectivity index (χ4v) is 2.31. The molecule has 0 radical (unpaired) electrons. The van der Waals surface area contributed by atoms with Crippen LogP contribution in [0, 0.1) is 5.82 Å². The molecule has 2 rings (SSSR count). The number of halogens is 7. The van der Waals surface area contributed by atoms with Crippen LogP contribution in [0.3, 0.4) is 0 Å². The minimum absolute atomic E-state index is 0.00782. The van der Waals surface area contributed by atoms with Crippen LogP contribution >= 0.6 is 34.8 Å². The highest BCUT2D eigenvalue weighted by Gasteiger charge is 2.34. The number of benzene rings is 2. The normalized spacial score (nSPS) is 11.8. The van der Waals surface area contributed by atoms with Crippen molar-refractivity contribution >= 4 is 34.8 Å². The molecule has 0 atom stereocenters. The van der Waals surface area contributed by atoms with E-state index in [4.69, 9.17) is 34.8 Å². The predicted molar refractivity (Wildman–Crippen MR) is 71.9 cm³/mol. The summed E-state index contributed by atoms with van der Waals surface area (Å²) in [5, 5.41) is 0.0140. The van der Waals surface area contributed by atoms with Crippen LogP contribution < -0.4 is 0 Å². The van der Waals surface area contributed by atoms with E-state index in [0.717, 1.165) is 12.1 Å². The smallest absolute Gasteiger partial charge is 0.207 e. The van der Waals surface area contributed by atoms with Crippen molar-refractivity contribution in [2.24, 2.45) is 0 Å². The van der Waals surface area contributed by atoms with E-state index >= 15 is 0 Å². The summed E-state index contributed by atoms with van der Waals surface area (Å²) in [6.45, 7) is 0. The fraction of sp³-hybridized carbons (Fsp3) is 0.0769. The lowest BCUT2D eigenvalue weighted by Gasteiger charge is -2.14. The first-order valence-corrected chi connectivity index (χ1v) is 6.35. The van der Waals surface area contributed by atoms with Gasteiger partial charge < -0.3 is 0 Å². The Morgan fingerprint density at radius 3 is 1.90 bits per heavy atom. The van der Waals surface area contributed by atoms with Gasteiger partial charge in [0.2, 0.25) is 0 Å². The molecule has 7 heteroatoms. The fourth-order valence-electron chi connectivity index (χ4n) is 1.71. The van der Waals surface area contributed by atoms with Crippen molar-refractivity contribution in [3.8, 4) is 11.1 Å². The second-order valence-corrected chi connectivity index (χ2v) is 5.13. The Morgan fingerprint density at radius 2 is 1.40 bits per heavy atom. The number of rotatable bonds is 1. The van der Waals surface area contributed by atoms with Gasteiger partial charge in [0.15, 0.2) is 0 Å². The molecule has 2 aromatic carbocycles. The first-order valence-electron chi connectivity index (χ1n) is 5.22. The standard InChI is InChI=1S/C13H5Cl3F4/c14-10-3-6(4-11(15)12(10)16)8-5-7(17)1-2-9(8)13(18,19)20/h1-5H. The Hall–Kier alpha value is -0.970. The topological polar surface area (TPSA) is 0 Å². The van der Waals surface area contributed by atoms with Crippen LogP contribution in [0.2, 0.25) is 15.1 Å². The van der Waals surface area contributed by atoms with Gasteiger partial charge in [-0.2, -0.15) is 13.2 Å².